The summed E-state index contributed by atoms with van der Waals surface area (Å²) in [4.78, 5) is 2.52. The second kappa shape index (κ2) is 10.1. The van der Waals surface area contributed by atoms with Gasteiger partial charge in [0.25, 0.3) is 0 Å². The summed E-state index contributed by atoms with van der Waals surface area (Å²) in [6.07, 6.45) is 0. The number of hydrogen-bond donors (Lipinski definition) is 0. The van der Waals surface area contributed by atoms with E-state index in [1.54, 1.807) is 0 Å². The molecule has 1 unspecified atom stereocenters. The van der Waals surface area contributed by atoms with Gasteiger partial charge in [-0.05, 0) is 114 Å². The van der Waals surface area contributed by atoms with E-state index in [9.17, 15) is 0 Å². The van der Waals surface area contributed by atoms with Gasteiger partial charge in [-0.25, -0.2) is 0 Å². The number of anilines is 3. The van der Waals surface area contributed by atoms with Gasteiger partial charge in [0.05, 0.1) is 11.1 Å². The number of benzene rings is 8. The number of nitrogens with zero attached hydrogens (tertiary/aromatic N) is 1. The van der Waals surface area contributed by atoms with Crippen molar-refractivity contribution in [1.82, 2.24) is 0 Å². The molecular formula is C52H35N. The fourth-order valence-electron chi connectivity index (χ4n) is 10.7. The minimum atomic E-state index is -0.341. The van der Waals surface area contributed by atoms with Crippen molar-refractivity contribution in [3.05, 3.63) is 209 Å². The Hall–Kier alpha value is -6.44. The average Bonchev–Trinajstić information content (AvgIpc) is 3.87. The van der Waals surface area contributed by atoms with Crippen molar-refractivity contribution >= 4 is 17.1 Å². The summed E-state index contributed by atoms with van der Waals surface area (Å²) in [5.41, 5.74) is 24.7. The van der Waals surface area contributed by atoms with Crippen molar-refractivity contribution < 1.29 is 0 Å². The van der Waals surface area contributed by atoms with Crippen molar-refractivity contribution in [3.8, 4) is 55.6 Å². The summed E-state index contributed by atoms with van der Waals surface area (Å²) in [5.74, 6) is 0. The maximum absolute atomic E-state index is 2.53. The topological polar surface area (TPSA) is 3.24 Å². The first kappa shape index (κ1) is 29.2. The maximum Gasteiger partial charge on any atom is 0.0738 e. The third-order valence-corrected chi connectivity index (χ3v) is 12.8. The van der Waals surface area contributed by atoms with Gasteiger partial charge in [-0.1, -0.05) is 159 Å². The lowest BCUT2D eigenvalue weighted by molar-refractivity contribution is 0.660. The molecule has 1 spiro atoms. The van der Waals surface area contributed by atoms with Gasteiger partial charge in [-0.3, -0.25) is 0 Å². The fraction of sp³-hybridized carbons (Fsp3) is 0.0769. The van der Waals surface area contributed by atoms with Crippen LogP contribution < -0.4 is 4.90 Å². The number of fused-ring (bicyclic) bond motifs is 8. The minimum Gasteiger partial charge on any atom is -0.310 e. The van der Waals surface area contributed by atoms with E-state index in [4.69, 9.17) is 0 Å². The highest BCUT2D eigenvalue weighted by Gasteiger charge is 2.57. The van der Waals surface area contributed by atoms with E-state index >= 15 is 0 Å². The van der Waals surface area contributed by atoms with Crippen LogP contribution in [-0.2, 0) is 10.8 Å². The summed E-state index contributed by atoms with van der Waals surface area (Å²) in [5, 5.41) is 0. The first-order valence-corrected chi connectivity index (χ1v) is 18.8. The molecule has 1 heteroatoms. The van der Waals surface area contributed by atoms with Crippen molar-refractivity contribution in [2.24, 2.45) is 0 Å². The van der Waals surface area contributed by atoms with Gasteiger partial charge < -0.3 is 4.90 Å². The van der Waals surface area contributed by atoms with Crippen LogP contribution in [0.1, 0.15) is 47.2 Å². The molecule has 53 heavy (non-hydrogen) atoms. The molecule has 8 aromatic rings. The summed E-state index contributed by atoms with van der Waals surface area (Å²) >= 11 is 0. The summed E-state index contributed by atoms with van der Waals surface area (Å²) in [6, 6.07) is 66.2. The first-order chi connectivity index (χ1) is 26.1. The van der Waals surface area contributed by atoms with Crippen LogP contribution >= 0.6 is 0 Å². The standard InChI is InChI=1S/C52H35N/c1-51(2)44-23-9-6-17-36(44)38-28-26-33(30-46(38)51)53(48-25-11-8-16-35(48)32-14-4-3-5-15-32)34-27-29-39-41-20-13-22-43-42-21-12-19-40-37-18-7-10-24-45(37)52(49(40)42,50(41)43)47(39)31-34/h3-31H,1-2H3. The molecule has 0 amide bonds. The third-order valence-electron chi connectivity index (χ3n) is 12.8. The van der Waals surface area contributed by atoms with Crippen molar-refractivity contribution in [1.29, 1.82) is 0 Å². The summed E-state index contributed by atoms with van der Waals surface area (Å²) < 4.78 is 0. The molecule has 0 aliphatic heterocycles. The van der Waals surface area contributed by atoms with Crippen LogP contribution in [0.15, 0.2) is 176 Å². The Kier molecular flexibility index (Phi) is 5.57. The third kappa shape index (κ3) is 3.53. The molecule has 0 bridgehead atoms. The van der Waals surface area contributed by atoms with Gasteiger partial charge in [-0.15, -0.1) is 0 Å². The molecule has 0 radical (unpaired) electrons. The second-order valence-corrected chi connectivity index (χ2v) is 15.6. The lowest BCUT2D eigenvalue weighted by atomic mass is 9.73. The highest BCUT2D eigenvalue weighted by molar-refractivity contribution is 6.06. The van der Waals surface area contributed by atoms with E-state index in [1.807, 2.05) is 0 Å². The maximum atomic E-state index is 2.53. The SMILES string of the molecule is CC1(C)c2ccccc2-c2ccc(N(c3ccc4c(c3)C35c6ccccc6-c6cccc(c63)-c3cccc-4c35)c3ccccc3-c3ccccc3)cc21. The monoisotopic (exact) mass is 673 g/mol. The van der Waals surface area contributed by atoms with E-state index in [1.165, 1.54) is 106 Å². The number of hydrogen-bond acceptors (Lipinski definition) is 1. The van der Waals surface area contributed by atoms with E-state index in [-0.39, 0.29) is 10.8 Å². The molecule has 4 aliphatic carbocycles. The van der Waals surface area contributed by atoms with Crippen LogP contribution in [-0.4, -0.2) is 0 Å². The lowest BCUT2D eigenvalue weighted by Gasteiger charge is -2.32. The molecule has 1 nitrogen and oxygen atoms in total. The largest absolute Gasteiger partial charge is 0.310 e. The molecule has 248 valence electrons. The Morgan fingerprint density at radius 2 is 0.792 bits per heavy atom. The van der Waals surface area contributed by atoms with E-state index in [2.05, 4.69) is 195 Å². The Balaban J connectivity index is 1.14. The Labute approximate surface area is 310 Å². The van der Waals surface area contributed by atoms with Gasteiger partial charge in [-0.2, -0.15) is 0 Å². The van der Waals surface area contributed by atoms with E-state index < -0.39 is 0 Å². The molecular weight excluding hydrogens is 639 g/mol. The van der Waals surface area contributed by atoms with Crippen LogP contribution in [0.5, 0.6) is 0 Å². The number of rotatable bonds is 4. The fourth-order valence-corrected chi connectivity index (χ4v) is 10.7. The molecule has 0 heterocycles. The van der Waals surface area contributed by atoms with Gasteiger partial charge in [0.1, 0.15) is 0 Å². The van der Waals surface area contributed by atoms with Gasteiger partial charge in [0, 0.05) is 22.4 Å². The van der Waals surface area contributed by atoms with Crippen molar-refractivity contribution in [2.75, 3.05) is 4.90 Å². The molecule has 0 N–H and O–H groups in total. The molecule has 0 fully saturated rings. The van der Waals surface area contributed by atoms with Crippen LogP contribution in [0.3, 0.4) is 0 Å². The zero-order valence-corrected chi connectivity index (χ0v) is 29.7. The molecule has 1 atom stereocenters. The normalized spacial score (nSPS) is 16.7. The van der Waals surface area contributed by atoms with E-state index in [0.29, 0.717) is 0 Å². The quantitative estimate of drug-likeness (QED) is 0.180. The van der Waals surface area contributed by atoms with Gasteiger partial charge in [0.15, 0.2) is 0 Å². The molecule has 12 rings (SSSR count). The molecule has 0 saturated carbocycles. The lowest BCUT2D eigenvalue weighted by Crippen LogP contribution is -2.24. The second-order valence-electron chi connectivity index (χ2n) is 15.6. The zero-order chi connectivity index (χ0) is 35.1. The Morgan fingerprint density at radius 1 is 0.340 bits per heavy atom. The van der Waals surface area contributed by atoms with Crippen LogP contribution in [0.25, 0.3) is 55.6 Å². The van der Waals surface area contributed by atoms with Crippen molar-refractivity contribution in [3.63, 3.8) is 0 Å². The smallest absolute Gasteiger partial charge is 0.0738 e. The molecule has 0 saturated heterocycles. The van der Waals surface area contributed by atoms with Gasteiger partial charge >= 0.3 is 0 Å². The molecule has 8 aromatic carbocycles. The van der Waals surface area contributed by atoms with E-state index in [0.717, 1.165) is 0 Å². The number of para-hydroxylation sites is 1. The zero-order valence-electron chi connectivity index (χ0n) is 29.7. The highest BCUT2D eigenvalue weighted by atomic mass is 15.1. The summed E-state index contributed by atoms with van der Waals surface area (Å²) in [6.45, 7) is 4.75. The van der Waals surface area contributed by atoms with Crippen molar-refractivity contribution in [2.45, 2.75) is 24.7 Å². The van der Waals surface area contributed by atoms with Gasteiger partial charge in [0.2, 0.25) is 0 Å². The van der Waals surface area contributed by atoms with Crippen LogP contribution in [0.2, 0.25) is 0 Å². The van der Waals surface area contributed by atoms with Crippen LogP contribution in [0.4, 0.5) is 17.1 Å². The molecule has 0 aromatic heterocycles. The van der Waals surface area contributed by atoms with Crippen LogP contribution in [0, 0.1) is 0 Å². The predicted molar refractivity (Wildman–Crippen MR) is 219 cm³/mol. The minimum absolute atomic E-state index is 0.112. The predicted octanol–water partition coefficient (Wildman–Crippen LogP) is 13.5. The Morgan fingerprint density at radius 3 is 1.45 bits per heavy atom. The molecule has 4 aliphatic rings. The Bertz CT molecular complexity index is 2840. The summed E-state index contributed by atoms with van der Waals surface area (Å²) in [7, 11) is 0. The average molecular weight is 674 g/mol. The highest BCUT2D eigenvalue weighted by Crippen LogP contribution is 2.70. The first-order valence-electron chi connectivity index (χ1n) is 18.8.